The van der Waals surface area contributed by atoms with Crippen LogP contribution in [0.15, 0.2) is 28.8 Å². The number of carbonyl (C=O) groups excluding carboxylic acids is 1. The fourth-order valence-corrected chi connectivity index (χ4v) is 2.53. The predicted molar refractivity (Wildman–Crippen MR) is 103 cm³/mol. The Bertz CT molecular complexity index is 596. The Morgan fingerprint density at radius 3 is 2.61 bits per heavy atom. The number of carbonyl (C=O) groups is 1. The third kappa shape index (κ3) is 11.1. The summed E-state index contributed by atoms with van der Waals surface area (Å²) in [7, 11) is 0. The van der Waals surface area contributed by atoms with Crippen LogP contribution < -0.4 is 56.7 Å². The standard InChI is InChI=1S/C19H24N3O3.CH4.K.V/c1-4-6-17(11-14-24-15(3)20-5-2)25-18-9-12-22(13-10-18)19(23)21-16-7-8-16;;;/h2-3,5-6,11,16,18H,1,4,7-10,12-13H2,(H,21,23);1H4;;/q-3;;+1;/b17-6+,20-5-;;;. The number of ether oxygens (including phenoxy) is 2. The molecule has 2 rings (SSSR count). The first kappa shape index (κ1) is 27.9. The van der Waals surface area contributed by atoms with Crippen molar-refractivity contribution in [2.24, 2.45) is 4.99 Å². The van der Waals surface area contributed by atoms with Gasteiger partial charge in [-0.1, -0.05) is 7.43 Å². The summed E-state index contributed by atoms with van der Waals surface area (Å²) in [5, 5.41) is 3.02. The summed E-state index contributed by atoms with van der Waals surface area (Å²) in [6.07, 6.45) is 11.9. The van der Waals surface area contributed by atoms with Crippen LogP contribution >= 0.6 is 0 Å². The van der Waals surface area contributed by atoms with Gasteiger partial charge in [0.1, 0.15) is 0 Å². The molecule has 0 atom stereocenters. The van der Waals surface area contributed by atoms with Gasteiger partial charge in [-0.3, -0.25) is 0 Å². The minimum absolute atomic E-state index is 0. The number of nitrogens with one attached hydrogen (secondary N) is 1. The number of aliphatic imine (C=N–C) groups is 1. The zero-order chi connectivity index (χ0) is 18.8. The normalized spacial score (nSPS) is 17.6. The van der Waals surface area contributed by atoms with Gasteiger partial charge < -0.3 is 10.2 Å². The van der Waals surface area contributed by atoms with Crippen molar-refractivity contribution in [3.8, 4) is 0 Å². The van der Waals surface area contributed by atoms with Crippen LogP contribution in [-0.4, -0.2) is 47.1 Å². The number of hydrogen-bond acceptors (Lipinski definition) is 4. The molecule has 0 aromatic carbocycles. The van der Waals surface area contributed by atoms with Crippen LogP contribution in [0.4, 0.5) is 4.79 Å². The van der Waals surface area contributed by atoms with Gasteiger partial charge >= 0.3 is 182 Å². The molecule has 8 heteroatoms. The van der Waals surface area contributed by atoms with Crippen LogP contribution in [0, 0.1) is 19.8 Å². The zero-order valence-corrected chi connectivity index (χ0v) is 20.3. The molecule has 1 N–H and O–H groups in total. The Kier molecular flexibility index (Phi) is 15.6. The van der Waals surface area contributed by atoms with Crippen molar-refractivity contribution < 1.29 is 82.6 Å². The fraction of sp³-hybridized carbons (Fsp3) is 0.500. The number of rotatable bonds is 9. The summed E-state index contributed by atoms with van der Waals surface area (Å²) in [4.78, 5) is 17.7. The number of allylic oxidation sites excluding steroid dienone is 2. The molecule has 2 amide bonds. The van der Waals surface area contributed by atoms with Gasteiger partial charge in [0.2, 0.25) is 0 Å². The summed E-state index contributed by atoms with van der Waals surface area (Å²) in [6, 6.07) is 0.419. The van der Waals surface area contributed by atoms with Crippen molar-refractivity contribution >= 4 is 17.0 Å². The van der Waals surface area contributed by atoms with E-state index < -0.39 is 0 Å². The molecule has 0 aromatic heterocycles. The average Bonchev–Trinajstić information content (AvgIpc) is 3.44. The first-order valence-corrected chi connectivity index (χ1v) is 9.52. The molecule has 2 fully saturated rings. The molecule has 0 radical (unpaired) electrons. The SMILES string of the molecule is C.[CH-]=C(/N=C\[CH]=[V])O[C-]=C/C(=C\C[CH2-])OC1CCN(C(=O)NC2CC2)CC1.[K+]. The minimum Gasteiger partial charge on any atom is 1.00 e. The van der Waals surface area contributed by atoms with Crippen LogP contribution in [0.2, 0.25) is 0 Å². The fourth-order valence-electron chi connectivity index (χ4n) is 2.43. The number of hydrogen-bond donors (Lipinski definition) is 1. The predicted octanol–water partition coefficient (Wildman–Crippen LogP) is 0.115. The molecule has 2 aliphatic rings. The van der Waals surface area contributed by atoms with E-state index >= 15 is 0 Å². The molecule has 1 aliphatic carbocycles. The molecule has 1 aliphatic heterocycles. The summed E-state index contributed by atoms with van der Waals surface area (Å²) in [5.41, 5.74) is 0. The van der Waals surface area contributed by atoms with E-state index in [1.165, 1.54) is 6.21 Å². The topological polar surface area (TPSA) is 63.2 Å². The van der Waals surface area contributed by atoms with Gasteiger partial charge in [0.05, 0.1) is 0 Å². The van der Waals surface area contributed by atoms with Gasteiger partial charge in [0.15, 0.2) is 0 Å². The summed E-state index contributed by atoms with van der Waals surface area (Å²) < 4.78 is 12.7. The number of urea groups is 1. The molecule has 6 nitrogen and oxygen atoms in total. The molecule has 149 valence electrons. The Hall–Kier alpha value is -0.149. The van der Waals surface area contributed by atoms with Crippen molar-refractivity contribution in [3.63, 3.8) is 0 Å². The van der Waals surface area contributed by atoms with Crippen molar-refractivity contribution in [1.29, 1.82) is 0 Å². The maximum absolute atomic E-state index is 12.1. The molecule has 0 spiro atoms. The van der Waals surface area contributed by atoms with Crippen LogP contribution in [-0.2, 0) is 26.5 Å². The van der Waals surface area contributed by atoms with Crippen molar-refractivity contribution in [2.45, 2.75) is 51.7 Å². The van der Waals surface area contributed by atoms with Crippen molar-refractivity contribution in [3.05, 3.63) is 43.6 Å². The second-order valence-corrected chi connectivity index (χ2v) is 6.52. The van der Waals surface area contributed by atoms with E-state index in [1.54, 1.807) is 10.8 Å². The van der Waals surface area contributed by atoms with Crippen molar-refractivity contribution in [2.75, 3.05) is 13.1 Å². The number of amides is 2. The third-order valence-electron chi connectivity index (χ3n) is 3.92. The van der Waals surface area contributed by atoms with Gasteiger partial charge in [0.25, 0.3) is 0 Å². The van der Waals surface area contributed by atoms with E-state index in [0.717, 1.165) is 25.7 Å². The van der Waals surface area contributed by atoms with Crippen LogP contribution in [0.1, 0.15) is 39.5 Å². The van der Waals surface area contributed by atoms with Gasteiger partial charge in [-0.2, -0.15) is 0 Å². The van der Waals surface area contributed by atoms with Gasteiger partial charge in [-0.15, -0.1) is 0 Å². The van der Waals surface area contributed by atoms with E-state index in [0.29, 0.717) is 31.3 Å². The molecule has 0 aromatic rings. The molecular weight excluding hydrogens is 420 g/mol. The molecule has 0 bridgehead atoms. The number of nitrogens with zero attached hydrogens (tertiary/aromatic N) is 2. The second-order valence-electron chi connectivity index (χ2n) is 6.05. The Labute approximate surface area is 220 Å². The average molecular weight is 449 g/mol. The number of likely N-dealkylation sites (tertiary alicyclic amines) is 1. The van der Waals surface area contributed by atoms with E-state index in [2.05, 4.69) is 40.5 Å². The van der Waals surface area contributed by atoms with E-state index in [9.17, 15) is 4.79 Å². The summed E-state index contributed by atoms with van der Waals surface area (Å²) in [6.45, 7) is 10.7. The Balaban J connectivity index is 0.00000364. The van der Waals surface area contributed by atoms with E-state index in [1.807, 2.05) is 11.0 Å². The van der Waals surface area contributed by atoms with Gasteiger partial charge in [-0.25, -0.2) is 4.79 Å². The molecule has 1 heterocycles. The van der Waals surface area contributed by atoms with E-state index in [4.69, 9.17) is 16.1 Å². The van der Waals surface area contributed by atoms with Gasteiger partial charge in [0, 0.05) is 6.04 Å². The molecular formula is C20H28KN3O3V-2. The first-order chi connectivity index (χ1) is 12.6. The first-order valence-electron chi connectivity index (χ1n) is 8.72. The minimum atomic E-state index is -0.00694. The van der Waals surface area contributed by atoms with Gasteiger partial charge in [-0.05, 0) is 12.8 Å². The van der Waals surface area contributed by atoms with Crippen LogP contribution in [0.3, 0.4) is 0 Å². The van der Waals surface area contributed by atoms with Crippen LogP contribution in [0.25, 0.3) is 0 Å². The smallest absolute Gasteiger partial charge is 1.00 e. The van der Waals surface area contributed by atoms with Crippen molar-refractivity contribution in [1.82, 2.24) is 10.2 Å². The second kappa shape index (κ2) is 15.7. The maximum atomic E-state index is 12.1. The molecule has 1 saturated heterocycles. The Morgan fingerprint density at radius 2 is 2.04 bits per heavy atom. The summed E-state index contributed by atoms with van der Waals surface area (Å²) >= 11 is 2.25. The summed E-state index contributed by atoms with van der Waals surface area (Å²) in [5.74, 6) is 0.615. The largest absolute Gasteiger partial charge is 1.00 e. The zero-order valence-electron chi connectivity index (χ0n) is 15.8. The van der Waals surface area contributed by atoms with Crippen LogP contribution in [0.5, 0.6) is 0 Å². The Morgan fingerprint density at radius 1 is 1.36 bits per heavy atom. The molecule has 28 heavy (non-hydrogen) atoms. The molecule has 1 saturated carbocycles. The third-order valence-corrected chi connectivity index (χ3v) is 4.12. The molecule has 0 unspecified atom stereocenters. The van der Waals surface area contributed by atoms with E-state index in [-0.39, 0.29) is 76.8 Å². The number of piperidine rings is 1. The maximum Gasteiger partial charge on any atom is 1.00 e. The monoisotopic (exact) mass is 448 g/mol. The quantitative estimate of drug-likeness (QED) is 0.179.